The van der Waals surface area contributed by atoms with Crippen molar-refractivity contribution < 1.29 is 9.47 Å². The van der Waals surface area contributed by atoms with E-state index in [1.807, 2.05) is 24.3 Å². The van der Waals surface area contributed by atoms with E-state index in [0.29, 0.717) is 6.61 Å². The first-order valence-electron chi connectivity index (χ1n) is 3.99. The Labute approximate surface area is 72.1 Å². The van der Waals surface area contributed by atoms with Crippen molar-refractivity contribution in [3.8, 4) is 5.75 Å². The van der Waals surface area contributed by atoms with Crippen LogP contribution in [0.3, 0.4) is 0 Å². The van der Waals surface area contributed by atoms with Gasteiger partial charge in [0.2, 0.25) is 0 Å². The van der Waals surface area contributed by atoms with Crippen LogP contribution in [0, 0.1) is 6.42 Å². The van der Waals surface area contributed by atoms with Gasteiger partial charge in [-0.1, -0.05) is 18.2 Å². The lowest BCUT2D eigenvalue weighted by Gasteiger charge is -2.23. The van der Waals surface area contributed by atoms with Crippen LogP contribution in [0.5, 0.6) is 5.75 Å². The van der Waals surface area contributed by atoms with Crippen molar-refractivity contribution in [2.24, 2.45) is 0 Å². The van der Waals surface area contributed by atoms with Crippen LogP contribution in [-0.4, -0.2) is 19.8 Å². The second kappa shape index (κ2) is 3.15. The predicted octanol–water partition coefficient (Wildman–Crippen LogP) is 1.65. The van der Waals surface area contributed by atoms with Crippen molar-refractivity contribution in [1.29, 1.82) is 0 Å². The van der Waals surface area contributed by atoms with Gasteiger partial charge in [0.25, 0.3) is 0 Å². The molecule has 2 heteroatoms. The Bertz CT molecular complexity index is 270. The van der Waals surface area contributed by atoms with E-state index in [4.69, 9.17) is 9.47 Å². The van der Waals surface area contributed by atoms with Crippen LogP contribution in [0.25, 0.3) is 0 Å². The molecule has 1 aromatic rings. The first-order valence-corrected chi connectivity index (χ1v) is 3.99. The van der Waals surface area contributed by atoms with Crippen LogP contribution in [0.4, 0.5) is 0 Å². The highest BCUT2D eigenvalue weighted by atomic mass is 16.5. The molecule has 63 valence electrons. The molecule has 12 heavy (non-hydrogen) atoms. The van der Waals surface area contributed by atoms with Gasteiger partial charge in [0, 0.05) is 19.1 Å². The van der Waals surface area contributed by atoms with Gasteiger partial charge in [-0.05, 0) is 6.07 Å². The fraction of sp³-hybridized carbons (Fsp3) is 0.300. The molecule has 0 aliphatic carbocycles. The summed E-state index contributed by atoms with van der Waals surface area (Å²) in [4.78, 5) is 0. The van der Waals surface area contributed by atoms with Crippen LogP contribution in [0.2, 0.25) is 0 Å². The number of hydrogen-bond acceptors (Lipinski definition) is 2. The van der Waals surface area contributed by atoms with Gasteiger partial charge in [-0.15, -0.1) is 0 Å². The third-order valence-electron chi connectivity index (χ3n) is 1.99. The highest BCUT2D eigenvalue weighted by molar-refractivity contribution is 5.41. The lowest BCUT2D eigenvalue weighted by atomic mass is 10.1. The Morgan fingerprint density at radius 2 is 2.25 bits per heavy atom. The van der Waals surface area contributed by atoms with E-state index in [9.17, 15) is 0 Å². The fourth-order valence-electron chi connectivity index (χ4n) is 1.31. The molecule has 1 heterocycles. The molecule has 0 N–H and O–H groups in total. The summed E-state index contributed by atoms with van der Waals surface area (Å²) >= 11 is 0. The molecule has 0 bridgehead atoms. The third kappa shape index (κ3) is 1.30. The topological polar surface area (TPSA) is 18.5 Å². The number of rotatable bonds is 1. The summed E-state index contributed by atoms with van der Waals surface area (Å²) in [6.45, 7) is 0.619. The van der Waals surface area contributed by atoms with Gasteiger partial charge < -0.3 is 9.47 Å². The first-order chi connectivity index (χ1) is 5.90. The minimum Gasteiger partial charge on any atom is -0.491 e. The molecule has 1 atom stereocenters. The highest BCUT2D eigenvalue weighted by Gasteiger charge is 2.18. The van der Waals surface area contributed by atoms with Crippen LogP contribution in [0.1, 0.15) is 5.56 Å². The van der Waals surface area contributed by atoms with E-state index < -0.39 is 0 Å². The molecule has 2 nitrogen and oxygen atoms in total. The smallest absolute Gasteiger partial charge is 0.123 e. The zero-order valence-corrected chi connectivity index (χ0v) is 6.99. The second-order valence-electron chi connectivity index (χ2n) is 2.79. The normalized spacial score (nSPS) is 21.2. The van der Waals surface area contributed by atoms with Gasteiger partial charge in [-0.25, -0.2) is 0 Å². The average Bonchev–Trinajstić information content (AvgIpc) is 2.17. The Kier molecular flexibility index (Phi) is 2.00. The van der Waals surface area contributed by atoms with Gasteiger partial charge in [0.15, 0.2) is 0 Å². The average molecular weight is 163 g/mol. The van der Waals surface area contributed by atoms with Crippen molar-refractivity contribution >= 4 is 0 Å². The van der Waals surface area contributed by atoms with Crippen molar-refractivity contribution in [3.05, 3.63) is 36.2 Å². The molecular weight excluding hydrogens is 152 g/mol. The number of fused-ring (bicyclic) bond motifs is 1. The molecule has 0 fully saturated rings. The number of methoxy groups -OCH3 is 1. The van der Waals surface area contributed by atoms with E-state index in [0.717, 1.165) is 11.3 Å². The van der Waals surface area contributed by atoms with E-state index in [2.05, 4.69) is 6.42 Å². The molecule has 0 spiro atoms. The molecule has 1 unspecified atom stereocenters. The van der Waals surface area contributed by atoms with E-state index in [-0.39, 0.29) is 6.10 Å². The van der Waals surface area contributed by atoms with Crippen LogP contribution in [-0.2, 0) is 4.74 Å². The number of para-hydroxylation sites is 1. The molecule has 0 amide bonds. The minimum absolute atomic E-state index is 0.0971. The molecule has 2 rings (SSSR count). The quantitative estimate of drug-likeness (QED) is 0.626. The zero-order chi connectivity index (χ0) is 8.39. The monoisotopic (exact) mass is 163 g/mol. The largest absolute Gasteiger partial charge is 0.491 e. The van der Waals surface area contributed by atoms with Gasteiger partial charge in [0.1, 0.15) is 12.4 Å². The van der Waals surface area contributed by atoms with E-state index in [1.165, 1.54) is 0 Å². The van der Waals surface area contributed by atoms with Gasteiger partial charge in [0.05, 0.1) is 6.10 Å². The minimum atomic E-state index is 0.0971. The number of hydrogen-bond donors (Lipinski definition) is 0. The standard InChI is InChI=1S/C10H11O2/c1-11-9-6-8-4-2-3-5-10(8)12-7-9/h2-6,9H,7H2,1H3. The zero-order valence-electron chi connectivity index (χ0n) is 6.99. The van der Waals surface area contributed by atoms with Gasteiger partial charge >= 0.3 is 0 Å². The molecule has 0 aromatic heterocycles. The maximum Gasteiger partial charge on any atom is 0.123 e. The molecule has 1 radical (unpaired) electrons. The maximum atomic E-state index is 5.47. The maximum absolute atomic E-state index is 5.47. The Hall–Kier alpha value is -1.02. The number of ether oxygens (including phenoxy) is 2. The van der Waals surface area contributed by atoms with E-state index in [1.54, 1.807) is 7.11 Å². The summed E-state index contributed by atoms with van der Waals surface area (Å²) in [6, 6.07) is 7.97. The first kappa shape index (κ1) is 7.62. The highest BCUT2D eigenvalue weighted by Crippen LogP contribution is 2.25. The summed E-state index contributed by atoms with van der Waals surface area (Å²) in [6.07, 6.45) is 2.18. The van der Waals surface area contributed by atoms with Crippen molar-refractivity contribution in [2.75, 3.05) is 13.7 Å². The lowest BCUT2D eigenvalue weighted by molar-refractivity contribution is 0.0738. The van der Waals surface area contributed by atoms with Crippen LogP contribution in [0.15, 0.2) is 24.3 Å². The van der Waals surface area contributed by atoms with Gasteiger partial charge in [-0.2, -0.15) is 0 Å². The van der Waals surface area contributed by atoms with Crippen LogP contribution < -0.4 is 4.74 Å². The number of benzene rings is 1. The Morgan fingerprint density at radius 1 is 1.42 bits per heavy atom. The summed E-state index contributed by atoms with van der Waals surface area (Å²) < 4.78 is 10.6. The molecule has 0 saturated heterocycles. The van der Waals surface area contributed by atoms with Gasteiger partial charge in [-0.3, -0.25) is 0 Å². The van der Waals surface area contributed by atoms with Crippen molar-refractivity contribution in [2.45, 2.75) is 6.10 Å². The summed E-state index contributed by atoms with van der Waals surface area (Å²) in [5.41, 5.74) is 1.12. The molecule has 0 saturated carbocycles. The summed E-state index contributed by atoms with van der Waals surface area (Å²) in [5.74, 6) is 0.950. The predicted molar refractivity (Wildman–Crippen MR) is 46.1 cm³/mol. The molecular formula is C10H11O2. The van der Waals surface area contributed by atoms with Crippen LogP contribution >= 0.6 is 0 Å². The van der Waals surface area contributed by atoms with E-state index >= 15 is 0 Å². The summed E-state index contributed by atoms with van der Waals surface area (Å²) in [7, 11) is 1.69. The SMILES string of the molecule is COC1[CH]c2ccccc2OC1. The molecule has 1 aliphatic heterocycles. The summed E-state index contributed by atoms with van der Waals surface area (Å²) in [5, 5.41) is 0. The fourth-order valence-corrected chi connectivity index (χ4v) is 1.31. The second-order valence-corrected chi connectivity index (χ2v) is 2.79. The Morgan fingerprint density at radius 3 is 3.08 bits per heavy atom. The lowest BCUT2D eigenvalue weighted by Crippen LogP contribution is -2.25. The Balaban J connectivity index is 2.23. The molecule has 1 aromatic carbocycles. The third-order valence-corrected chi connectivity index (χ3v) is 1.99. The van der Waals surface area contributed by atoms with Crippen molar-refractivity contribution in [3.63, 3.8) is 0 Å². The molecule has 1 aliphatic rings. The van der Waals surface area contributed by atoms with Crippen molar-refractivity contribution in [1.82, 2.24) is 0 Å².